The minimum Gasteiger partial charge on any atom is -1.00 e. The molecule has 4 nitrogen and oxygen atoms in total. The van der Waals surface area contributed by atoms with Crippen LogP contribution in [0.3, 0.4) is 0 Å². The molecule has 1 aromatic rings. The molecule has 0 aliphatic carbocycles. The maximum atomic E-state index is 4.65. The van der Waals surface area contributed by atoms with E-state index in [9.17, 15) is 0 Å². The van der Waals surface area contributed by atoms with Gasteiger partial charge >= 0.3 is 11.1 Å². The molecule has 1 N–H and O–H groups in total. The van der Waals surface area contributed by atoms with Crippen LogP contribution in [-0.4, -0.2) is 29.9 Å². The van der Waals surface area contributed by atoms with Crippen molar-refractivity contribution in [3.8, 4) is 0 Å². The molecule has 3 heterocycles. The van der Waals surface area contributed by atoms with E-state index < -0.39 is 0 Å². The third kappa shape index (κ3) is 2.44. The third-order valence-electron chi connectivity index (χ3n) is 2.62. The number of thioether (sulfide) groups is 1. The predicted octanol–water partition coefficient (Wildman–Crippen LogP) is -1.69. The number of nitrogens with zero attached hydrogens (tertiary/aromatic N) is 3. The highest BCUT2D eigenvalue weighted by Gasteiger charge is 2.36. The van der Waals surface area contributed by atoms with E-state index in [-0.39, 0.29) is 24.0 Å². The Morgan fingerprint density at radius 2 is 2.44 bits per heavy atom. The van der Waals surface area contributed by atoms with E-state index >= 15 is 0 Å². The summed E-state index contributed by atoms with van der Waals surface area (Å²) in [6.07, 6.45) is 0. The van der Waals surface area contributed by atoms with E-state index in [0.717, 1.165) is 19.6 Å². The number of anilines is 1. The maximum absolute atomic E-state index is 4.65. The highest BCUT2D eigenvalue weighted by Crippen LogP contribution is 2.29. The quantitative estimate of drug-likeness (QED) is 0.247. The van der Waals surface area contributed by atoms with E-state index in [1.165, 1.54) is 15.5 Å². The van der Waals surface area contributed by atoms with Crippen LogP contribution >= 0.6 is 56.9 Å². The summed E-state index contributed by atoms with van der Waals surface area (Å²) in [5.74, 6) is 1.21. The molecule has 0 amide bonds. The van der Waals surface area contributed by atoms with Gasteiger partial charge in [-0.1, -0.05) is 56.9 Å². The molecule has 0 radical (unpaired) electrons. The normalized spacial score (nSPS) is 26.6. The molecule has 1 aromatic heterocycles. The predicted molar refractivity (Wildman–Crippen MR) is 77.3 cm³/mol. The zero-order valence-corrected chi connectivity index (χ0v) is 15.7. The largest absolute Gasteiger partial charge is 1.00 e. The second-order valence-corrected chi connectivity index (χ2v) is 7.68. The van der Waals surface area contributed by atoms with E-state index in [4.69, 9.17) is 0 Å². The number of hydrogen-bond acceptors (Lipinski definition) is 3. The third-order valence-corrected chi connectivity index (χ3v) is 6.28. The van der Waals surface area contributed by atoms with Crippen molar-refractivity contribution in [1.82, 2.24) is 9.78 Å². The number of rotatable bonds is 1. The molecule has 90 valence electrons. The van der Waals surface area contributed by atoms with Gasteiger partial charge in [0.25, 0.3) is 0 Å². The van der Waals surface area contributed by atoms with Gasteiger partial charge in [-0.25, -0.2) is 4.57 Å². The van der Waals surface area contributed by atoms with Gasteiger partial charge in [-0.05, 0) is 0 Å². The Hall–Kier alpha value is 1.48. The fraction of sp³-hybridized carbons (Fsp3) is 0.750. The van der Waals surface area contributed by atoms with Crippen molar-refractivity contribution in [2.45, 2.75) is 27.4 Å². The van der Waals surface area contributed by atoms with Crippen LogP contribution in [0.15, 0.2) is 5.16 Å². The van der Waals surface area contributed by atoms with E-state index in [1.807, 2.05) is 11.8 Å². The van der Waals surface area contributed by atoms with E-state index in [0.29, 0.717) is 9.17 Å². The summed E-state index contributed by atoms with van der Waals surface area (Å²) >= 11 is 6.84. The standard InChI is InChI=1S/C8H10I2N4S.HI/c9-1-6-4-13-7-11-2-5(10)3-14(7)12-8(13)15-6;/h5-6H,1-4H2;1H. The second-order valence-electron chi connectivity index (χ2n) is 3.77. The van der Waals surface area contributed by atoms with Crippen LogP contribution in [0.1, 0.15) is 0 Å². The van der Waals surface area contributed by atoms with E-state index in [1.54, 1.807) is 0 Å². The van der Waals surface area contributed by atoms with Crippen LogP contribution in [0.4, 0.5) is 5.95 Å². The Morgan fingerprint density at radius 1 is 1.62 bits per heavy atom. The summed E-state index contributed by atoms with van der Waals surface area (Å²) in [7, 11) is 0. The number of fused-ring (bicyclic) bond motifs is 3. The highest BCUT2D eigenvalue weighted by molar-refractivity contribution is 14.1. The number of aromatic nitrogens is 3. The summed E-state index contributed by atoms with van der Waals surface area (Å²) in [5.41, 5.74) is 0. The Bertz CT molecular complexity index is 397. The second kappa shape index (κ2) is 5.63. The smallest absolute Gasteiger partial charge is 0.345 e. The zero-order valence-electron chi connectivity index (χ0n) is 8.37. The van der Waals surface area contributed by atoms with Crippen molar-refractivity contribution in [2.24, 2.45) is 0 Å². The molecule has 0 saturated heterocycles. The van der Waals surface area contributed by atoms with Crippen LogP contribution in [0.2, 0.25) is 0 Å². The van der Waals surface area contributed by atoms with Crippen molar-refractivity contribution in [1.29, 1.82) is 0 Å². The Morgan fingerprint density at radius 3 is 3.19 bits per heavy atom. The molecular formula is C8H11I3N4S. The molecule has 2 aliphatic heterocycles. The van der Waals surface area contributed by atoms with Gasteiger partial charge < -0.3 is 24.0 Å². The van der Waals surface area contributed by atoms with Gasteiger partial charge in [0.05, 0.1) is 22.3 Å². The van der Waals surface area contributed by atoms with Crippen molar-refractivity contribution in [3.63, 3.8) is 0 Å². The first-order valence-electron chi connectivity index (χ1n) is 4.89. The van der Waals surface area contributed by atoms with Crippen LogP contribution in [0.25, 0.3) is 0 Å². The van der Waals surface area contributed by atoms with Gasteiger partial charge in [-0.3, -0.25) is 5.32 Å². The number of nitrogens with one attached hydrogen (secondary N) is 1. The lowest BCUT2D eigenvalue weighted by Crippen LogP contribution is -3.00. The van der Waals surface area contributed by atoms with Crippen LogP contribution in [-0.2, 0) is 13.1 Å². The topological polar surface area (TPSA) is 33.7 Å². The molecule has 16 heavy (non-hydrogen) atoms. The van der Waals surface area contributed by atoms with Crippen LogP contribution in [0, 0.1) is 0 Å². The van der Waals surface area contributed by atoms with Crippen LogP contribution in [0.5, 0.6) is 0 Å². The lowest BCUT2D eigenvalue weighted by Gasteiger charge is -2.14. The van der Waals surface area contributed by atoms with Gasteiger partial charge in [-0.2, -0.15) is 0 Å². The summed E-state index contributed by atoms with van der Waals surface area (Å²) < 4.78 is 6.30. The number of halogens is 3. The Labute approximate surface area is 143 Å². The Kier molecular flexibility index (Phi) is 4.89. The van der Waals surface area contributed by atoms with E-state index in [2.05, 4.69) is 64.8 Å². The molecule has 0 fully saturated rings. The number of alkyl halides is 2. The lowest BCUT2D eigenvalue weighted by atomic mass is 10.4. The first-order valence-corrected chi connectivity index (χ1v) is 8.54. The lowest BCUT2D eigenvalue weighted by molar-refractivity contribution is -0.713. The van der Waals surface area contributed by atoms with Gasteiger partial charge in [0.1, 0.15) is 6.54 Å². The average Bonchev–Trinajstić information content (AvgIpc) is 2.73. The molecule has 3 rings (SSSR count). The number of hydrogen-bond donors (Lipinski definition) is 1. The molecule has 0 saturated carbocycles. The van der Waals surface area contributed by atoms with Crippen molar-refractivity contribution in [3.05, 3.63) is 0 Å². The molecule has 2 atom stereocenters. The fourth-order valence-electron chi connectivity index (χ4n) is 1.92. The molecule has 8 heteroatoms. The van der Waals surface area contributed by atoms with Crippen molar-refractivity contribution in [2.75, 3.05) is 16.3 Å². The van der Waals surface area contributed by atoms with Crippen molar-refractivity contribution < 1.29 is 28.5 Å². The first-order chi connectivity index (χ1) is 7.28. The minimum absolute atomic E-state index is 0. The first kappa shape index (κ1) is 13.9. The summed E-state index contributed by atoms with van der Waals surface area (Å²) in [4.78, 5) is 0. The fourth-order valence-corrected chi connectivity index (χ4v) is 4.35. The summed E-state index contributed by atoms with van der Waals surface area (Å²) in [6, 6.07) is 0. The molecular weight excluding hydrogens is 565 g/mol. The Balaban J connectivity index is 0.000000963. The highest BCUT2D eigenvalue weighted by atomic mass is 127. The van der Waals surface area contributed by atoms with Gasteiger partial charge in [0, 0.05) is 9.53 Å². The monoisotopic (exact) mass is 576 g/mol. The SMILES string of the molecule is ICC1C[n+]2c(nn3c2NCC(I)C3)S1.[I-]. The van der Waals surface area contributed by atoms with Gasteiger partial charge in [0.15, 0.2) is 0 Å². The zero-order chi connectivity index (χ0) is 10.4. The molecule has 0 aromatic carbocycles. The molecule has 0 bridgehead atoms. The minimum atomic E-state index is 0. The summed E-state index contributed by atoms with van der Waals surface area (Å²) in [6.45, 7) is 3.21. The van der Waals surface area contributed by atoms with Crippen LogP contribution < -0.4 is 33.9 Å². The van der Waals surface area contributed by atoms with Gasteiger partial charge in [-0.15, -0.1) is 4.68 Å². The average molecular weight is 576 g/mol. The maximum Gasteiger partial charge on any atom is 0.345 e. The molecule has 0 spiro atoms. The summed E-state index contributed by atoms with van der Waals surface area (Å²) in [5, 5.41) is 10.0. The molecule has 2 unspecified atom stereocenters. The van der Waals surface area contributed by atoms with Crippen molar-refractivity contribution >= 4 is 62.9 Å². The van der Waals surface area contributed by atoms with Gasteiger partial charge in [0.2, 0.25) is 0 Å². The molecule has 2 aliphatic rings.